The Labute approximate surface area is 129 Å². The molecule has 1 aromatic rings. The average Bonchev–Trinajstić information content (AvgIpc) is 2.24. The summed E-state index contributed by atoms with van der Waals surface area (Å²) >= 11 is 5.84. The Balaban J connectivity index is 2.76. The van der Waals surface area contributed by atoms with Crippen molar-refractivity contribution in [3.05, 3.63) is 28.8 Å². The summed E-state index contributed by atoms with van der Waals surface area (Å²) < 4.78 is 0. The van der Waals surface area contributed by atoms with E-state index in [1.807, 2.05) is 20.8 Å². The van der Waals surface area contributed by atoms with Crippen LogP contribution < -0.4 is 11.1 Å². The molecule has 0 radical (unpaired) electrons. The highest BCUT2D eigenvalue weighted by Crippen LogP contribution is 2.25. The largest absolute Gasteiger partial charge is 0.478 e. The summed E-state index contributed by atoms with van der Waals surface area (Å²) in [5.74, 6) is -1.51. The van der Waals surface area contributed by atoms with E-state index in [4.69, 9.17) is 22.4 Å². The zero-order valence-corrected chi connectivity index (χ0v) is 13.2. The van der Waals surface area contributed by atoms with Crippen molar-refractivity contribution in [3.8, 4) is 0 Å². The van der Waals surface area contributed by atoms with E-state index in [1.54, 1.807) is 6.07 Å². The van der Waals surface area contributed by atoms with Crippen LogP contribution in [0.4, 0.5) is 5.69 Å². The lowest BCUT2D eigenvalue weighted by atomic mass is 9.87. The van der Waals surface area contributed by atoms with Gasteiger partial charge < -0.3 is 16.2 Å². The van der Waals surface area contributed by atoms with Crippen molar-refractivity contribution in [3.63, 3.8) is 0 Å². The average molecular weight is 313 g/mol. The minimum Gasteiger partial charge on any atom is -0.478 e. The summed E-state index contributed by atoms with van der Waals surface area (Å²) in [7, 11) is 0. The highest BCUT2D eigenvalue weighted by molar-refractivity contribution is 6.34. The van der Waals surface area contributed by atoms with Crippen LogP contribution in [0.25, 0.3) is 0 Å². The van der Waals surface area contributed by atoms with Crippen LogP contribution in [0, 0.1) is 5.41 Å². The first-order chi connectivity index (χ1) is 9.60. The van der Waals surface area contributed by atoms with Gasteiger partial charge in [-0.15, -0.1) is 0 Å². The number of carboxylic acid groups (broad SMARTS) is 1. The Hall–Kier alpha value is -1.59. The molecule has 0 saturated heterocycles. The number of rotatable bonds is 5. The SMILES string of the molecule is CC(C)(C)CC(N)CC(=O)Nc1cccc(Cl)c1C(=O)O. The number of carboxylic acids is 1. The fourth-order valence-electron chi connectivity index (χ4n) is 2.14. The zero-order valence-electron chi connectivity index (χ0n) is 12.4. The molecule has 0 bridgehead atoms. The second-order valence-corrected chi connectivity index (χ2v) is 6.65. The normalized spacial score (nSPS) is 12.8. The van der Waals surface area contributed by atoms with Crippen molar-refractivity contribution in [2.45, 2.75) is 39.7 Å². The number of hydrogen-bond acceptors (Lipinski definition) is 3. The van der Waals surface area contributed by atoms with Gasteiger partial charge in [0.05, 0.1) is 10.7 Å². The third kappa shape index (κ3) is 5.73. The topological polar surface area (TPSA) is 92.4 Å². The van der Waals surface area contributed by atoms with E-state index in [-0.39, 0.29) is 40.1 Å². The van der Waals surface area contributed by atoms with E-state index in [2.05, 4.69) is 5.32 Å². The molecule has 5 nitrogen and oxygen atoms in total. The molecule has 0 spiro atoms. The molecule has 1 aromatic carbocycles. The van der Waals surface area contributed by atoms with Crippen molar-refractivity contribution in [1.29, 1.82) is 0 Å². The number of carbonyl (C=O) groups excluding carboxylic acids is 1. The Morgan fingerprint density at radius 3 is 2.52 bits per heavy atom. The van der Waals surface area contributed by atoms with Crippen molar-refractivity contribution >= 4 is 29.2 Å². The predicted octanol–water partition coefficient (Wildman–Crippen LogP) is 3.13. The number of anilines is 1. The number of aromatic carboxylic acids is 1. The Morgan fingerprint density at radius 2 is 2.00 bits per heavy atom. The van der Waals surface area contributed by atoms with Crippen LogP contribution in [0.3, 0.4) is 0 Å². The molecule has 1 unspecified atom stereocenters. The quantitative estimate of drug-likeness (QED) is 0.778. The summed E-state index contributed by atoms with van der Waals surface area (Å²) in [4.78, 5) is 23.1. The van der Waals surface area contributed by atoms with E-state index in [9.17, 15) is 9.59 Å². The number of halogens is 1. The zero-order chi connectivity index (χ0) is 16.2. The van der Waals surface area contributed by atoms with Crippen LogP contribution in [0.2, 0.25) is 5.02 Å². The van der Waals surface area contributed by atoms with Crippen molar-refractivity contribution in [2.24, 2.45) is 11.1 Å². The predicted molar refractivity (Wildman–Crippen MR) is 83.7 cm³/mol. The molecular weight excluding hydrogens is 292 g/mol. The van der Waals surface area contributed by atoms with Crippen LogP contribution in [0.1, 0.15) is 44.0 Å². The lowest BCUT2D eigenvalue weighted by Crippen LogP contribution is -2.31. The van der Waals surface area contributed by atoms with Gasteiger partial charge in [-0.25, -0.2) is 4.79 Å². The van der Waals surface area contributed by atoms with E-state index >= 15 is 0 Å². The van der Waals surface area contributed by atoms with Gasteiger partial charge in [0.1, 0.15) is 5.56 Å². The number of amides is 1. The number of hydrogen-bond donors (Lipinski definition) is 3. The standard InChI is InChI=1S/C15H21ClN2O3/c1-15(2,3)8-9(17)7-12(19)18-11-6-4-5-10(16)13(11)14(20)21/h4-6,9H,7-8,17H2,1-3H3,(H,18,19)(H,20,21). The molecule has 0 aliphatic rings. The van der Waals surface area contributed by atoms with Gasteiger partial charge in [0.2, 0.25) is 5.91 Å². The first-order valence-corrected chi connectivity index (χ1v) is 7.05. The summed E-state index contributed by atoms with van der Waals surface area (Å²) in [6.45, 7) is 6.14. The van der Waals surface area contributed by atoms with Crippen LogP contribution in [0.5, 0.6) is 0 Å². The molecule has 0 aromatic heterocycles. The molecule has 0 fully saturated rings. The monoisotopic (exact) mass is 312 g/mol. The second kappa shape index (κ2) is 6.91. The van der Waals surface area contributed by atoms with Crippen molar-refractivity contribution < 1.29 is 14.7 Å². The summed E-state index contributed by atoms with van der Waals surface area (Å²) in [6.07, 6.45) is 0.824. The molecular formula is C15H21ClN2O3. The molecule has 4 N–H and O–H groups in total. The van der Waals surface area contributed by atoms with Crippen LogP contribution in [0.15, 0.2) is 18.2 Å². The molecule has 21 heavy (non-hydrogen) atoms. The van der Waals surface area contributed by atoms with Crippen LogP contribution >= 0.6 is 11.6 Å². The highest BCUT2D eigenvalue weighted by atomic mass is 35.5. The summed E-state index contributed by atoms with van der Waals surface area (Å²) in [5.41, 5.74) is 6.04. The Kier molecular flexibility index (Phi) is 5.75. The first-order valence-electron chi connectivity index (χ1n) is 6.67. The number of nitrogens with two attached hydrogens (primary N) is 1. The van der Waals surface area contributed by atoms with E-state index < -0.39 is 5.97 Å². The molecule has 116 valence electrons. The lowest BCUT2D eigenvalue weighted by Gasteiger charge is -2.22. The summed E-state index contributed by atoms with van der Waals surface area (Å²) in [5, 5.41) is 11.8. The molecule has 1 atom stereocenters. The Bertz CT molecular complexity index is 538. The van der Waals surface area contributed by atoms with Gasteiger partial charge in [-0.2, -0.15) is 0 Å². The second-order valence-electron chi connectivity index (χ2n) is 6.24. The molecule has 1 amide bonds. The van der Waals surface area contributed by atoms with Gasteiger partial charge in [0.25, 0.3) is 0 Å². The van der Waals surface area contributed by atoms with E-state index in [0.717, 1.165) is 0 Å². The van der Waals surface area contributed by atoms with Crippen molar-refractivity contribution in [2.75, 3.05) is 5.32 Å². The molecule has 1 rings (SSSR count). The maximum atomic E-state index is 12.0. The third-order valence-corrected chi connectivity index (χ3v) is 3.14. The lowest BCUT2D eigenvalue weighted by molar-refractivity contribution is -0.116. The van der Waals surface area contributed by atoms with Crippen LogP contribution in [-0.2, 0) is 4.79 Å². The van der Waals surface area contributed by atoms with Gasteiger partial charge in [-0.3, -0.25) is 4.79 Å². The number of nitrogens with one attached hydrogen (secondary N) is 1. The third-order valence-electron chi connectivity index (χ3n) is 2.82. The van der Waals surface area contributed by atoms with Crippen LogP contribution in [-0.4, -0.2) is 23.0 Å². The molecule has 0 heterocycles. The first kappa shape index (κ1) is 17.5. The Morgan fingerprint density at radius 1 is 1.38 bits per heavy atom. The highest BCUT2D eigenvalue weighted by Gasteiger charge is 2.20. The summed E-state index contributed by atoms with van der Waals surface area (Å²) in [6, 6.07) is 4.27. The molecule has 0 saturated carbocycles. The maximum absolute atomic E-state index is 12.0. The fourth-order valence-corrected chi connectivity index (χ4v) is 2.40. The smallest absolute Gasteiger partial charge is 0.339 e. The number of carbonyl (C=O) groups is 2. The van der Waals surface area contributed by atoms with Gasteiger partial charge in [-0.1, -0.05) is 38.4 Å². The van der Waals surface area contributed by atoms with E-state index in [1.165, 1.54) is 12.1 Å². The minimum absolute atomic E-state index is 0.0297. The van der Waals surface area contributed by atoms with E-state index in [0.29, 0.717) is 6.42 Å². The van der Waals surface area contributed by atoms with Gasteiger partial charge in [0.15, 0.2) is 0 Å². The minimum atomic E-state index is -1.19. The molecule has 0 aliphatic heterocycles. The number of benzene rings is 1. The molecule has 0 aliphatic carbocycles. The van der Waals surface area contributed by atoms with Gasteiger partial charge >= 0.3 is 5.97 Å². The fraction of sp³-hybridized carbons (Fsp3) is 0.467. The van der Waals surface area contributed by atoms with Gasteiger partial charge in [0, 0.05) is 12.5 Å². The van der Waals surface area contributed by atoms with Crippen molar-refractivity contribution in [1.82, 2.24) is 0 Å². The van der Waals surface area contributed by atoms with Gasteiger partial charge in [-0.05, 0) is 24.0 Å². The molecule has 6 heteroatoms. The maximum Gasteiger partial charge on any atom is 0.339 e.